The molecule has 0 radical (unpaired) electrons. The number of fused-ring (bicyclic) bond motifs is 1. The van der Waals surface area contributed by atoms with Gasteiger partial charge in [0.1, 0.15) is 5.75 Å². The summed E-state index contributed by atoms with van der Waals surface area (Å²) >= 11 is 0. The van der Waals surface area contributed by atoms with Crippen LogP contribution in [0.3, 0.4) is 0 Å². The monoisotopic (exact) mass is 261 g/mol. The van der Waals surface area contributed by atoms with E-state index in [2.05, 4.69) is 4.98 Å². The molecule has 1 aromatic carbocycles. The predicted molar refractivity (Wildman–Crippen MR) is 74.9 cm³/mol. The number of hydrogen-bond acceptors (Lipinski definition) is 2. The first-order valence-corrected chi connectivity index (χ1v) is 6.24. The molecule has 2 aromatic rings. The van der Waals surface area contributed by atoms with Crippen LogP contribution in [0.4, 0.5) is 0 Å². The van der Waals surface area contributed by atoms with E-state index in [0.29, 0.717) is 0 Å². The molecule has 0 amide bonds. The molecule has 0 fully saturated rings. The van der Waals surface area contributed by atoms with Crippen LogP contribution in [0.5, 0.6) is 5.75 Å². The van der Waals surface area contributed by atoms with Crippen LogP contribution in [-0.2, 0) is 10.2 Å². The normalized spacial score (nSPS) is 11.8. The highest BCUT2D eigenvalue weighted by atomic mass is 16.5. The summed E-state index contributed by atoms with van der Waals surface area (Å²) in [6.07, 6.45) is 2.00. The van der Waals surface area contributed by atoms with Gasteiger partial charge in [0.05, 0.1) is 13.5 Å². The van der Waals surface area contributed by atoms with Crippen molar-refractivity contribution in [2.75, 3.05) is 7.11 Å². The highest BCUT2D eigenvalue weighted by Crippen LogP contribution is 2.40. The van der Waals surface area contributed by atoms with E-state index in [1.54, 1.807) is 7.11 Å². The SMILES string of the molecule is COc1c(C(C)(C)CC(=O)O)ccc2[nH]cc(C)c12. The van der Waals surface area contributed by atoms with Crippen molar-refractivity contribution in [1.82, 2.24) is 4.98 Å². The Balaban J connectivity index is 2.66. The molecule has 0 bridgehead atoms. The number of carboxylic acid groups (broad SMARTS) is 1. The van der Waals surface area contributed by atoms with Gasteiger partial charge in [-0.3, -0.25) is 4.79 Å². The zero-order valence-corrected chi connectivity index (χ0v) is 11.7. The number of aliphatic carboxylic acids is 1. The number of rotatable bonds is 4. The molecule has 0 atom stereocenters. The van der Waals surface area contributed by atoms with Gasteiger partial charge in [0, 0.05) is 28.1 Å². The number of carbonyl (C=O) groups is 1. The number of ether oxygens (including phenoxy) is 1. The molecular formula is C15H19NO3. The summed E-state index contributed by atoms with van der Waals surface area (Å²) in [5.41, 5.74) is 2.55. The smallest absolute Gasteiger partial charge is 0.304 e. The second kappa shape index (κ2) is 4.61. The average molecular weight is 261 g/mol. The first-order valence-electron chi connectivity index (χ1n) is 6.24. The predicted octanol–water partition coefficient (Wildman–Crippen LogP) is 3.24. The van der Waals surface area contributed by atoms with Gasteiger partial charge in [-0.05, 0) is 18.6 Å². The molecule has 0 aliphatic heterocycles. The van der Waals surface area contributed by atoms with Crippen LogP contribution < -0.4 is 4.74 Å². The summed E-state index contributed by atoms with van der Waals surface area (Å²) in [5.74, 6) is -0.0413. The van der Waals surface area contributed by atoms with Crippen LogP contribution in [0.2, 0.25) is 0 Å². The third-order valence-electron chi connectivity index (χ3n) is 3.52. The molecule has 1 aromatic heterocycles. The fraction of sp³-hybridized carbons (Fsp3) is 0.400. The second-order valence-electron chi connectivity index (χ2n) is 5.50. The molecule has 0 saturated carbocycles. The number of methoxy groups -OCH3 is 1. The van der Waals surface area contributed by atoms with E-state index < -0.39 is 11.4 Å². The van der Waals surface area contributed by atoms with Gasteiger partial charge in [-0.25, -0.2) is 0 Å². The number of hydrogen-bond donors (Lipinski definition) is 2. The van der Waals surface area contributed by atoms with Gasteiger partial charge in [-0.1, -0.05) is 19.9 Å². The second-order valence-corrected chi connectivity index (χ2v) is 5.50. The average Bonchev–Trinajstić information content (AvgIpc) is 2.68. The first kappa shape index (κ1) is 13.5. The molecule has 19 heavy (non-hydrogen) atoms. The van der Waals surface area contributed by atoms with E-state index in [-0.39, 0.29) is 6.42 Å². The molecule has 0 aliphatic carbocycles. The summed E-state index contributed by atoms with van der Waals surface area (Å²) in [6.45, 7) is 5.86. The van der Waals surface area contributed by atoms with Crippen molar-refractivity contribution in [3.05, 3.63) is 29.5 Å². The van der Waals surface area contributed by atoms with E-state index in [4.69, 9.17) is 9.84 Å². The van der Waals surface area contributed by atoms with Gasteiger partial charge in [0.15, 0.2) is 0 Å². The zero-order chi connectivity index (χ0) is 14.2. The Bertz CT molecular complexity index is 626. The number of H-pyrrole nitrogens is 1. The van der Waals surface area contributed by atoms with Crippen molar-refractivity contribution >= 4 is 16.9 Å². The minimum absolute atomic E-state index is 0.0678. The van der Waals surface area contributed by atoms with E-state index in [1.807, 2.05) is 39.1 Å². The van der Waals surface area contributed by atoms with Crippen molar-refractivity contribution in [3.63, 3.8) is 0 Å². The number of nitrogens with one attached hydrogen (secondary N) is 1. The van der Waals surface area contributed by atoms with Crippen LogP contribution in [0.15, 0.2) is 18.3 Å². The Morgan fingerprint density at radius 2 is 2.11 bits per heavy atom. The maximum Gasteiger partial charge on any atom is 0.304 e. The lowest BCUT2D eigenvalue weighted by atomic mass is 9.80. The quantitative estimate of drug-likeness (QED) is 0.888. The largest absolute Gasteiger partial charge is 0.496 e. The topological polar surface area (TPSA) is 62.3 Å². The van der Waals surface area contributed by atoms with Gasteiger partial charge in [-0.15, -0.1) is 0 Å². The Kier molecular flexibility index (Phi) is 3.27. The number of aryl methyl sites for hydroxylation is 1. The Morgan fingerprint density at radius 1 is 1.42 bits per heavy atom. The molecule has 2 rings (SSSR count). The van der Waals surface area contributed by atoms with Gasteiger partial charge in [0.2, 0.25) is 0 Å². The summed E-state index contributed by atoms with van der Waals surface area (Å²) < 4.78 is 5.55. The van der Waals surface area contributed by atoms with Crippen LogP contribution in [0.25, 0.3) is 10.9 Å². The lowest BCUT2D eigenvalue weighted by Gasteiger charge is -2.26. The number of benzene rings is 1. The lowest BCUT2D eigenvalue weighted by Crippen LogP contribution is -2.22. The van der Waals surface area contributed by atoms with Gasteiger partial charge in [0.25, 0.3) is 0 Å². The number of aromatic amines is 1. The van der Waals surface area contributed by atoms with Gasteiger partial charge >= 0.3 is 5.97 Å². The van der Waals surface area contributed by atoms with Crippen molar-refractivity contribution in [3.8, 4) is 5.75 Å². The highest BCUT2D eigenvalue weighted by molar-refractivity contribution is 5.91. The molecule has 0 aliphatic rings. The summed E-state index contributed by atoms with van der Waals surface area (Å²) in [4.78, 5) is 14.2. The number of aromatic nitrogens is 1. The highest BCUT2D eigenvalue weighted by Gasteiger charge is 2.28. The molecule has 102 valence electrons. The minimum atomic E-state index is -0.807. The molecular weight excluding hydrogens is 242 g/mol. The van der Waals surface area contributed by atoms with Crippen LogP contribution in [0, 0.1) is 6.92 Å². The van der Waals surface area contributed by atoms with E-state index in [9.17, 15) is 4.79 Å². The van der Waals surface area contributed by atoms with Crippen LogP contribution in [-0.4, -0.2) is 23.2 Å². The molecule has 0 saturated heterocycles. The molecule has 0 spiro atoms. The van der Waals surface area contributed by atoms with E-state index >= 15 is 0 Å². The maximum absolute atomic E-state index is 11.0. The molecule has 4 nitrogen and oxygen atoms in total. The van der Waals surface area contributed by atoms with Crippen molar-refractivity contribution in [2.45, 2.75) is 32.6 Å². The van der Waals surface area contributed by atoms with E-state index in [1.165, 1.54) is 0 Å². The van der Waals surface area contributed by atoms with Crippen LogP contribution in [0.1, 0.15) is 31.4 Å². The van der Waals surface area contributed by atoms with Crippen molar-refractivity contribution in [1.29, 1.82) is 0 Å². The summed E-state index contributed by atoms with van der Waals surface area (Å²) in [5, 5.41) is 10.1. The Labute approximate surface area is 112 Å². The molecule has 0 unspecified atom stereocenters. The molecule has 4 heteroatoms. The fourth-order valence-corrected chi connectivity index (χ4v) is 2.57. The van der Waals surface area contributed by atoms with E-state index in [0.717, 1.165) is 27.8 Å². The van der Waals surface area contributed by atoms with Crippen LogP contribution >= 0.6 is 0 Å². The van der Waals surface area contributed by atoms with Gasteiger partial charge in [-0.2, -0.15) is 0 Å². The van der Waals surface area contributed by atoms with Crippen molar-refractivity contribution < 1.29 is 14.6 Å². The summed E-state index contributed by atoms with van der Waals surface area (Å²) in [7, 11) is 1.63. The Hall–Kier alpha value is -1.97. The molecule has 2 N–H and O–H groups in total. The first-order chi connectivity index (χ1) is 8.86. The lowest BCUT2D eigenvalue weighted by molar-refractivity contribution is -0.138. The Morgan fingerprint density at radius 3 is 2.68 bits per heavy atom. The third-order valence-corrected chi connectivity index (χ3v) is 3.52. The fourth-order valence-electron chi connectivity index (χ4n) is 2.57. The van der Waals surface area contributed by atoms with Crippen molar-refractivity contribution in [2.24, 2.45) is 0 Å². The zero-order valence-electron chi connectivity index (χ0n) is 11.7. The minimum Gasteiger partial charge on any atom is -0.496 e. The maximum atomic E-state index is 11.0. The molecule has 1 heterocycles. The van der Waals surface area contributed by atoms with Gasteiger partial charge < -0.3 is 14.8 Å². The standard InChI is InChI=1S/C15H19NO3/c1-9-8-16-11-6-5-10(14(19-4)13(9)11)15(2,3)7-12(17)18/h5-6,8,16H,7H2,1-4H3,(H,17,18). The third kappa shape index (κ3) is 2.30. The number of carboxylic acids is 1. The summed E-state index contributed by atoms with van der Waals surface area (Å²) in [6, 6.07) is 3.92.